The highest BCUT2D eigenvalue weighted by Gasteiger charge is 2.36. The molecule has 0 atom stereocenters. The van der Waals surface area contributed by atoms with Crippen LogP contribution in [0.2, 0.25) is 0 Å². The Bertz CT molecular complexity index is 1350. The first-order valence-electron chi connectivity index (χ1n) is 12.2. The van der Waals surface area contributed by atoms with Gasteiger partial charge in [-0.05, 0) is 79.1 Å². The second kappa shape index (κ2) is 12.4. The average molecular weight is 579 g/mol. The molecule has 4 rings (SSSR count). The van der Waals surface area contributed by atoms with Gasteiger partial charge in [0.05, 0.1) is 18.9 Å². The quantitative estimate of drug-likeness (QED) is 0.238. The van der Waals surface area contributed by atoms with Crippen molar-refractivity contribution in [2.75, 3.05) is 18.1 Å². The van der Waals surface area contributed by atoms with Gasteiger partial charge in [0.1, 0.15) is 17.9 Å². The molecule has 1 aliphatic rings. The Labute approximate surface area is 229 Å². The second-order valence-electron chi connectivity index (χ2n) is 8.35. The molecule has 1 fully saturated rings. The van der Waals surface area contributed by atoms with Crippen LogP contribution in [0.25, 0.3) is 6.08 Å². The third-order valence-corrected chi connectivity index (χ3v) is 6.08. The minimum atomic E-state index is -0.814. The van der Waals surface area contributed by atoms with Crippen LogP contribution >= 0.6 is 15.9 Å². The largest absolute Gasteiger partial charge is 0.494 e. The number of imide groups is 2. The summed E-state index contributed by atoms with van der Waals surface area (Å²) >= 11 is 3.42. The molecule has 1 N–H and O–H groups in total. The zero-order chi connectivity index (χ0) is 27.1. The molecular formula is C29H27BrN2O6. The van der Waals surface area contributed by atoms with E-state index in [-0.39, 0.29) is 5.57 Å². The summed E-state index contributed by atoms with van der Waals surface area (Å²) in [5.41, 5.74) is 1.67. The van der Waals surface area contributed by atoms with Crippen molar-refractivity contribution in [3.05, 3.63) is 87.9 Å². The van der Waals surface area contributed by atoms with Gasteiger partial charge >= 0.3 is 6.03 Å². The lowest BCUT2D eigenvalue weighted by Crippen LogP contribution is -2.54. The standard InChI is InChI=1S/C29H27BrN2O6/c1-3-15-37-23-12-10-22(11-13-23)32-28(34)24(27(33)31-29(32)35)16-20-7-14-25(26(17-20)36-4-2)38-18-19-5-8-21(30)9-6-19/h5-14,16-17H,3-4,15,18H2,1-2H3,(H,31,33,35)/b24-16-. The second-order valence-corrected chi connectivity index (χ2v) is 9.27. The summed E-state index contributed by atoms with van der Waals surface area (Å²) in [6.45, 7) is 5.14. The molecule has 3 aromatic rings. The van der Waals surface area contributed by atoms with Crippen LogP contribution in [0.3, 0.4) is 0 Å². The van der Waals surface area contributed by atoms with Crippen LogP contribution in [0.1, 0.15) is 31.4 Å². The van der Waals surface area contributed by atoms with Crippen LogP contribution in [0.15, 0.2) is 76.8 Å². The van der Waals surface area contributed by atoms with Crippen LogP contribution in [0.4, 0.5) is 10.5 Å². The van der Waals surface area contributed by atoms with Gasteiger partial charge in [0.15, 0.2) is 11.5 Å². The minimum Gasteiger partial charge on any atom is -0.494 e. The highest BCUT2D eigenvalue weighted by Crippen LogP contribution is 2.31. The maximum Gasteiger partial charge on any atom is 0.335 e. The van der Waals surface area contributed by atoms with Gasteiger partial charge in [-0.15, -0.1) is 0 Å². The Balaban J connectivity index is 1.56. The maximum atomic E-state index is 13.3. The number of hydrogen-bond donors (Lipinski definition) is 1. The lowest BCUT2D eigenvalue weighted by molar-refractivity contribution is -0.122. The number of nitrogens with one attached hydrogen (secondary N) is 1. The molecule has 1 saturated heterocycles. The number of halogens is 1. The molecule has 0 radical (unpaired) electrons. The van der Waals surface area contributed by atoms with Gasteiger partial charge in [-0.2, -0.15) is 0 Å². The van der Waals surface area contributed by atoms with E-state index in [0.29, 0.717) is 48.3 Å². The first-order chi connectivity index (χ1) is 18.4. The van der Waals surface area contributed by atoms with Crippen LogP contribution < -0.4 is 24.4 Å². The predicted molar refractivity (Wildman–Crippen MR) is 147 cm³/mol. The number of urea groups is 1. The van der Waals surface area contributed by atoms with Gasteiger partial charge in [0.2, 0.25) is 0 Å². The van der Waals surface area contributed by atoms with Crippen molar-refractivity contribution < 1.29 is 28.6 Å². The molecule has 0 bridgehead atoms. The third kappa shape index (κ3) is 6.41. The van der Waals surface area contributed by atoms with Crippen LogP contribution in [0, 0.1) is 0 Å². The van der Waals surface area contributed by atoms with Gasteiger partial charge < -0.3 is 14.2 Å². The van der Waals surface area contributed by atoms with E-state index in [0.717, 1.165) is 21.4 Å². The van der Waals surface area contributed by atoms with Gasteiger partial charge in [0.25, 0.3) is 11.8 Å². The summed E-state index contributed by atoms with van der Waals surface area (Å²) in [5, 5.41) is 2.24. The Hall–Kier alpha value is -4.11. The third-order valence-electron chi connectivity index (χ3n) is 5.56. The fraction of sp³-hybridized carbons (Fsp3) is 0.207. The Morgan fingerprint density at radius 1 is 0.868 bits per heavy atom. The fourth-order valence-corrected chi connectivity index (χ4v) is 3.98. The number of barbiturate groups is 1. The molecule has 3 aromatic carbocycles. The summed E-state index contributed by atoms with van der Waals surface area (Å²) in [7, 11) is 0. The number of carbonyl (C=O) groups is 3. The smallest absolute Gasteiger partial charge is 0.335 e. The Morgan fingerprint density at radius 3 is 2.29 bits per heavy atom. The molecular weight excluding hydrogens is 552 g/mol. The lowest BCUT2D eigenvalue weighted by atomic mass is 10.1. The van der Waals surface area contributed by atoms with E-state index in [4.69, 9.17) is 14.2 Å². The molecule has 1 heterocycles. The molecule has 0 aromatic heterocycles. The Kier molecular flexibility index (Phi) is 8.81. The van der Waals surface area contributed by atoms with Gasteiger partial charge in [-0.3, -0.25) is 14.9 Å². The normalized spacial score (nSPS) is 14.4. The summed E-state index contributed by atoms with van der Waals surface area (Å²) < 4.78 is 18.2. The van der Waals surface area contributed by atoms with E-state index in [9.17, 15) is 14.4 Å². The van der Waals surface area contributed by atoms with Gasteiger partial charge in [-0.25, -0.2) is 9.69 Å². The molecule has 0 aliphatic carbocycles. The van der Waals surface area contributed by atoms with Gasteiger partial charge in [-0.1, -0.05) is 41.1 Å². The average Bonchev–Trinajstić information content (AvgIpc) is 2.91. The van der Waals surface area contributed by atoms with Crippen molar-refractivity contribution in [1.29, 1.82) is 0 Å². The molecule has 196 valence electrons. The summed E-state index contributed by atoms with van der Waals surface area (Å²) in [6.07, 6.45) is 2.28. The highest BCUT2D eigenvalue weighted by molar-refractivity contribution is 9.10. The first-order valence-corrected chi connectivity index (χ1v) is 13.0. The van der Waals surface area contributed by atoms with E-state index in [1.54, 1.807) is 42.5 Å². The maximum absolute atomic E-state index is 13.3. The van der Waals surface area contributed by atoms with Crippen molar-refractivity contribution in [3.8, 4) is 17.2 Å². The SMILES string of the molecule is CCCOc1ccc(N2C(=O)NC(=O)/C(=C/c3ccc(OCc4ccc(Br)cc4)c(OCC)c3)C2=O)cc1. The molecule has 0 unspecified atom stereocenters. The van der Waals surface area contributed by atoms with E-state index in [1.165, 1.54) is 6.08 Å². The van der Waals surface area contributed by atoms with Crippen molar-refractivity contribution in [2.24, 2.45) is 0 Å². The number of ether oxygens (including phenoxy) is 3. The van der Waals surface area contributed by atoms with Crippen molar-refractivity contribution in [3.63, 3.8) is 0 Å². The predicted octanol–water partition coefficient (Wildman–Crippen LogP) is 5.88. The number of nitrogens with zero attached hydrogens (tertiary/aromatic N) is 1. The molecule has 8 nitrogen and oxygen atoms in total. The number of rotatable bonds is 10. The van der Waals surface area contributed by atoms with Crippen molar-refractivity contribution in [1.82, 2.24) is 5.32 Å². The summed E-state index contributed by atoms with van der Waals surface area (Å²) in [5.74, 6) is 0.122. The first kappa shape index (κ1) is 26.9. The van der Waals surface area contributed by atoms with E-state index >= 15 is 0 Å². The van der Waals surface area contributed by atoms with Crippen LogP contribution in [-0.4, -0.2) is 31.1 Å². The number of anilines is 1. The molecule has 38 heavy (non-hydrogen) atoms. The Morgan fingerprint density at radius 2 is 1.61 bits per heavy atom. The van der Waals surface area contributed by atoms with Crippen molar-refractivity contribution >= 4 is 45.5 Å². The van der Waals surface area contributed by atoms with Gasteiger partial charge in [0, 0.05) is 4.47 Å². The molecule has 0 saturated carbocycles. The van der Waals surface area contributed by atoms with E-state index in [1.807, 2.05) is 38.1 Å². The number of carbonyl (C=O) groups excluding carboxylic acids is 3. The van der Waals surface area contributed by atoms with E-state index < -0.39 is 17.8 Å². The number of hydrogen-bond acceptors (Lipinski definition) is 6. The summed E-state index contributed by atoms with van der Waals surface area (Å²) in [6, 6.07) is 18.6. The van der Waals surface area contributed by atoms with Crippen LogP contribution in [-0.2, 0) is 16.2 Å². The summed E-state index contributed by atoms with van der Waals surface area (Å²) in [4.78, 5) is 39.3. The van der Waals surface area contributed by atoms with Crippen molar-refractivity contribution in [2.45, 2.75) is 26.9 Å². The highest BCUT2D eigenvalue weighted by atomic mass is 79.9. The molecule has 1 aliphatic heterocycles. The number of amides is 4. The van der Waals surface area contributed by atoms with E-state index in [2.05, 4.69) is 21.2 Å². The van der Waals surface area contributed by atoms with Crippen LogP contribution in [0.5, 0.6) is 17.2 Å². The zero-order valence-corrected chi connectivity index (χ0v) is 22.6. The fourth-order valence-electron chi connectivity index (χ4n) is 3.71. The number of benzene rings is 3. The molecule has 0 spiro atoms. The lowest BCUT2D eigenvalue weighted by Gasteiger charge is -2.26. The zero-order valence-electron chi connectivity index (χ0n) is 21.0. The molecule has 4 amide bonds. The molecule has 9 heteroatoms. The minimum absolute atomic E-state index is 0.179. The topological polar surface area (TPSA) is 94.2 Å². The monoisotopic (exact) mass is 578 g/mol.